The van der Waals surface area contributed by atoms with E-state index in [1.165, 1.54) is 18.0 Å². The molecule has 1 aliphatic carbocycles. The molecule has 23 heavy (non-hydrogen) atoms. The lowest BCUT2D eigenvalue weighted by Gasteiger charge is -2.27. The third-order valence-corrected chi connectivity index (χ3v) is 3.92. The molecule has 3 amide bonds. The Kier molecular flexibility index (Phi) is 5.10. The van der Waals surface area contributed by atoms with Crippen molar-refractivity contribution in [3.05, 3.63) is 35.6 Å². The minimum Gasteiger partial charge on any atom is -0.515 e. The molecule has 1 atom stereocenters. The summed E-state index contributed by atoms with van der Waals surface area (Å²) in [4.78, 5) is 48.9. The van der Waals surface area contributed by atoms with Crippen LogP contribution in [-0.4, -0.2) is 46.6 Å². The Bertz CT molecular complexity index is 645. The number of hydrogen-bond donors (Lipinski definition) is 2. The van der Waals surface area contributed by atoms with Crippen LogP contribution in [0.2, 0.25) is 0 Å². The number of imide groups is 1. The number of Topliss-reactive ketones (excluding diaryl/α,β-unsaturated/α-hetero) is 1. The second-order valence-electron chi connectivity index (χ2n) is 5.46. The van der Waals surface area contributed by atoms with Gasteiger partial charge in [-0.1, -0.05) is 12.2 Å². The third kappa shape index (κ3) is 3.74. The van der Waals surface area contributed by atoms with Gasteiger partial charge in [0.25, 0.3) is 5.91 Å². The number of likely N-dealkylation sites (N-methyl/N-ethyl adjacent to an activating group) is 1. The van der Waals surface area contributed by atoms with Gasteiger partial charge in [0, 0.05) is 32.4 Å². The lowest BCUT2D eigenvalue weighted by atomic mass is 9.99. The zero-order valence-electron chi connectivity index (χ0n) is 12.7. The maximum atomic E-state index is 12.7. The smallest absolute Gasteiger partial charge is 0.254 e. The molecule has 2 N–H and O–H groups in total. The average Bonchev–Trinajstić information content (AvgIpc) is 2.80. The molecule has 0 aromatic carbocycles. The highest BCUT2D eigenvalue weighted by Crippen LogP contribution is 2.22. The van der Waals surface area contributed by atoms with Gasteiger partial charge in [-0.15, -0.1) is 0 Å². The van der Waals surface area contributed by atoms with E-state index in [0.29, 0.717) is 12.7 Å². The molecule has 0 bridgehead atoms. The van der Waals surface area contributed by atoms with Gasteiger partial charge in [-0.3, -0.25) is 24.5 Å². The van der Waals surface area contributed by atoms with Crippen molar-refractivity contribution in [3.63, 3.8) is 0 Å². The van der Waals surface area contributed by atoms with Crippen molar-refractivity contribution in [2.24, 2.45) is 0 Å². The molecule has 1 saturated heterocycles. The molecule has 1 fully saturated rings. The van der Waals surface area contributed by atoms with E-state index in [4.69, 9.17) is 0 Å². The van der Waals surface area contributed by atoms with Crippen LogP contribution in [0.1, 0.15) is 25.7 Å². The van der Waals surface area contributed by atoms with Crippen molar-refractivity contribution >= 4 is 23.5 Å². The lowest BCUT2D eigenvalue weighted by Crippen LogP contribution is -2.40. The molecule has 2 rings (SSSR count). The van der Waals surface area contributed by atoms with Gasteiger partial charge < -0.3 is 10.0 Å². The van der Waals surface area contributed by atoms with Gasteiger partial charge in [0.2, 0.25) is 11.8 Å². The van der Waals surface area contributed by atoms with Crippen molar-refractivity contribution in [1.82, 2.24) is 10.2 Å². The molecule has 0 saturated carbocycles. The Morgan fingerprint density at radius 2 is 2.09 bits per heavy atom. The first-order chi connectivity index (χ1) is 10.9. The van der Waals surface area contributed by atoms with Crippen molar-refractivity contribution in [2.45, 2.75) is 31.7 Å². The van der Waals surface area contributed by atoms with Crippen LogP contribution in [0.5, 0.6) is 0 Å². The van der Waals surface area contributed by atoms with Crippen LogP contribution in [0, 0.1) is 0 Å². The van der Waals surface area contributed by atoms with Gasteiger partial charge in [0.1, 0.15) is 0 Å². The Morgan fingerprint density at radius 3 is 2.78 bits per heavy atom. The summed E-state index contributed by atoms with van der Waals surface area (Å²) in [5.41, 5.74) is 0.0192. The first-order valence-electron chi connectivity index (χ1n) is 7.28. The van der Waals surface area contributed by atoms with E-state index < -0.39 is 17.9 Å². The van der Waals surface area contributed by atoms with Crippen LogP contribution in [0.3, 0.4) is 0 Å². The molecule has 0 radical (unpaired) electrons. The van der Waals surface area contributed by atoms with E-state index in [9.17, 15) is 24.3 Å². The molecule has 0 spiro atoms. The summed E-state index contributed by atoms with van der Waals surface area (Å²) in [6.07, 6.45) is 5.91. The van der Waals surface area contributed by atoms with Gasteiger partial charge >= 0.3 is 0 Å². The average molecular weight is 318 g/mol. The minimum absolute atomic E-state index is 0.0171. The summed E-state index contributed by atoms with van der Waals surface area (Å²) in [5, 5.41) is 11.5. The van der Waals surface area contributed by atoms with Crippen LogP contribution in [0.25, 0.3) is 0 Å². The highest BCUT2D eigenvalue weighted by atomic mass is 16.2. The van der Waals surface area contributed by atoms with Crippen LogP contribution in [0.4, 0.5) is 0 Å². The van der Waals surface area contributed by atoms with Gasteiger partial charge in [-0.25, -0.2) is 0 Å². The quantitative estimate of drug-likeness (QED) is 0.439. The van der Waals surface area contributed by atoms with Gasteiger partial charge in [0.15, 0.2) is 5.78 Å². The summed E-state index contributed by atoms with van der Waals surface area (Å²) < 4.78 is 0. The largest absolute Gasteiger partial charge is 0.515 e. The fourth-order valence-corrected chi connectivity index (χ4v) is 2.59. The van der Waals surface area contributed by atoms with E-state index in [-0.39, 0.29) is 42.1 Å². The predicted molar refractivity (Wildman–Crippen MR) is 81.1 cm³/mol. The lowest BCUT2D eigenvalue weighted by molar-refractivity contribution is -0.130. The normalized spacial score (nSPS) is 23.9. The number of carbonyl (C=O) groups excluding carboxylic acids is 4. The second-order valence-corrected chi connectivity index (χ2v) is 5.46. The molecule has 7 heteroatoms. The molecule has 1 aliphatic heterocycles. The molecule has 1 unspecified atom stereocenters. The number of nitrogens with zero attached hydrogens (tertiary/aromatic N) is 1. The van der Waals surface area contributed by atoms with E-state index in [0.717, 1.165) is 0 Å². The SMILES string of the molecule is CN(C(=O)C1=CC=CCC(=O)/C1=C\O)C1CCC(=O)NC(=O)C1. The topological polar surface area (TPSA) is 104 Å². The standard InChI is InChI=1S/C16H18N2O5/c1-18(10-6-7-14(21)17-15(22)8-10)16(23)11-4-2-3-5-13(20)12(11)9-19/h2-4,9-10,19H,5-8H2,1H3,(H,17,21,22)/b12-9-. The predicted octanol–water partition coefficient (Wildman–Crippen LogP) is 0.537. The minimum atomic E-state index is -0.475. The highest BCUT2D eigenvalue weighted by Gasteiger charge is 2.31. The van der Waals surface area contributed by atoms with E-state index >= 15 is 0 Å². The Hall–Kier alpha value is -2.70. The van der Waals surface area contributed by atoms with Crippen LogP contribution < -0.4 is 5.32 Å². The number of hydrogen-bond acceptors (Lipinski definition) is 5. The maximum absolute atomic E-state index is 12.7. The molecule has 0 aromatic rings. The van der Waals surface area contributed by atoms with E-state index in [2.05, 4.69) is 5.32 Å². The van der Waals surface area contributed by atoms with E-state index in [1.54, 1.807) is 12.2 Å². The molecule has 2 aliphatic rings. The second kappa shape index (κ2) is 7.04. The zero-order valence-corrected chi connectivity index (χ0v) is 12.7. The summed E-state index contributed by atoms with van der Waals surface area (Å²) in [5.74, 6) is -1.62. The molecule has 0 aromatic heterocycles. The van der Waals surface area contributed by atoms with Crippen molar-refractivity contribution < 1.29 is 24.3 Å². The molecular weight excluding hydrogens is 300 g/mol. The molecule has 1 heterocycles. The molecule has 7 nitrogen and oxygen atoms in total. The first-order valence-corrected chi connectivity index (χ1v) is 7.28. The van der Waals surface area contributed by atoms with E-state index in [1.807, 2.05) is 0 Å². The summed E-state index contributed by atoms with van der Waals surface area (Å²) in [7, 11) is 1.52. The first kappa shape index (κ1) is 16.7. The number of ketones is 1. The Balaban J connectivity index is 2.22. The van der Waals surface area contributed by atoms with Gasteiger partial charge in [-0.05, 0) is 12.5 Å². The Morgan fingerprint density at radius 1 is 1.35 bits per heavy atom. The zero-order chi connectivity index (χ0) is 17.0. The maximum Gasteiger partial charge on any atom is 0.254 e. The van der Waals surface area contributed by atoms with Crippen molar-refractivity contribution in [2.75, 3.05) is 7.05 Å². The van der Waals surface area contributed by atoms with Gasteiger partial charge in [0.05, 0.1) is 17.4 Å². The van der Waals surface area contributed by atoms with Crippen molar-refractivity contribution in [3.8, 4) is 0 Å². The number of carbonyl (C=O) groups is 4. The fraction of sp³-hybridized carbons (Fsp3) is 0.375. The van der Waals surface area contributed by atoms with Crippen molar-refractivity contribution in [1.29, 1.82) is 0 Å². The number of allylic oxidation sites excluding steroid dienone is 3. The summed E-state index contributed by atoms with van der Waals surface area (Å²) >= 11 is 0. The Labute approximate surface area is 133 Å². The number of aliphatic hydroxyl groups excluding tert-OH is 1. The monoisotopic (exact) mass is 318 g/mol. The summed E-state index contributed by atoms with van der Waals surface area (Å²) in [6, 6.07) is -0.447. The number of rotatable bonds is 2. The van der Waals surface area contributed by atoms with Crippen LogP contribution in [-0.2, 0) is 19.2 Å². The number of amides is 3. The van der Waals surface area contributed by atoms with Gasteiger partial charge in [-0.2, -0.15) is 0 Å². The number of nitrogens with one attached hydrogen (secondary N) is 1. The van der Waals surface area contributed by atoms with Crippen LogP contribution >= 0.6 is 0 Å². The third-order valence-electron chi connectivity index (χ3n) is 3.92. The fourth-order valence-electron chi connectivity index (χ4n) is 2.59. The van der Waals surface area contributed by atoms with Crippen LogP contribution in [0.15, 0.2) is 35.6 Å². The molecular formula is C16H18N2O5. The molecule has 122 valence electrons. The summed E-state index contributed by atoms with van der Waals surface area (Å²) in [6.45, 7) is 0. The number of aliphatic hydroxyl groups is 1. The highest BCUT2D eigenvalue weighted by molar-refractivity contribution is 6.12.